The lowest BCUT2D eigenvalue weighted by atomic mass is 10.3. The van der Waals surface area contributed by atoms with Gasteiger partial charge in [-0.2, -0.15) is 0 Å². The fourth-order valence-electron chi connectivity index (χ4n) is 2.94. The van der Waals surface area contributed by atoms with Gasteiger partial charge in [0.05, 0.1) is 0 Å². The van der Waals surface area contributed by atoms with Gasteiger partial charge in [-0.25, -0.2) is 0 Å². The molecule has 1 saturated heterocycles. The van der Waals surface area contributed by atoms with Gasteiger partial charge < -0.3 is 14.7 Å². The van der Waals surface area contributed by atoms with Crippen LogP contribution in [0.4, 0.5) is 0 Å². The molecular weight excluding hydrogens is 315 g/mol. The predicted octanol–water partition coefficient (Wildman–Crippen LogP) is 4.08. The molecule has 1 aliphatic heterocycles. The quantitative estimate of drug-likeness (QED) is 0.532. The van der Waals surface area contributed by atoms with E-state index in [1.807, 2.05) is 0 Å². The van der Waals surface area contributed by atoms with E-state index in [1.165, 1.54) is 45.5 Å². The maximum Gasteiger partial charge on any atom is 0.0466 e. The molecule has 5 rings (SSSR count). The molecule has 3 nitrogen and oxygen atoms in total. The summed E-state index contributed by atoms with van der Waals surface area (Å²) in [4.78, 5) is 6.96. The monoisotopic (exact) mass is 336 g/mol. The summed E-state index contributed by atoms with van der Waals surface area (Å²) in [5.41, 5.74) is 4.96. The second-order valence-corrected chi connectivity index (χ2v) is 7.31. The van der Waals surface area contributed by atoms with E-state index in [9.17, 15) is 0 Å². The van der Waals surface area contributed by atoms with E-state index >= 15 is 0 Å². The zero-order valence-corrected chi connectivity index (χ0v) is 14.5. The van der Waals surface area contributed by atoms with Crippen LogP contribution in [-0.2, 0) is 4.74 Å². The first-order chi connectivity index (χ1) is 11.9. The maximum absolute atomic E-state index is 4.94. The molecule has 4 aromatic rings. The molecule has 2 aromatic carbocycles. The lowest BCUT2D eigenvalue weighted by molar-refractivity contribution is 0.198. The number of hydrogen-bond donors (Lipinski definition) is 2. The van der Waals surface area contributed by atoms with Gasteiger partial charge in [0, 0.05) is 45.9 Å². The van der Waals surface area contributed by atoms with Crippen LogP contribution < -0.4 is 10.9 Å². The third-order valence-corrected chi connectivity index (χ3v) is 5.23. The number of aromatic amines is 2. The van der Waals surface area contributed by atoms with Gasteiger partial charge in [0.25, 0.3) is 0 Å². The van der Waals surface area contributed by atoms with Crippen LogP contribution in [0.3, 0.4) is 0 Å². The van der Waals surface area contributed by atoms with E-state index in [2.05, 4.69) is 70.6 Å². The summed E-state index contributed by atoms with van der Waals surface area (Å²) in [6, 6.07) is 21.3. The first-order valence-electron chi connectivity index (χ1n) is 8.39. The Morgan fingerprint density at radius 2 is 1.21 bits per heavy atom. The fraction of sp³-hybridized carbons (Fsp3) is 0.200. The normalized spacial score (nSPS) is 14.0. The molecule has 0 amide bonds. The van der Waals surface area contributed by atoms with Crippen LogP contribution in [0.1, 0.15) is 12.8 Å². The highest BCUT2D eigenvalue weighted by molar-refractivity contribution is 7.55. The number of fused-ring (bicyclic) bond motifs is 2. The minimum atomic E-state index is 0.632. The van der Waals surface area contributed by atoms with Gasteiger partial charge in [-0.15, -0.1) is 0 Å². The average Bonchev–Trinajstić information content (AvgIpc) is 3.35. The lowest BCUT2D eigenvalue weighted by Gasteiger charge is -1.94. The fourth-order valence-corrected chi connectivity index (χ4v) is 4.08. The number of para-hydroxylation sites is 2. The van der Waals surface area contributed by atoms with Gasteiger partial charge in [0.15, 0.2) is 0 Å². The SMILES string of the molecule is C1CCOC1.c1ccc2[nH]c(Pc3cc4ccccc4[nH]3)cc2c1. The second-order valence-electron chi connectivity index (χ2n) is 5.99. The average molecular weight is 336 g/mol. The van der Waals surface area contributed by atoms with E-state index in [0.717, 1.165) is 13.2 Å². The van der Waals surface area contributed by atoms with Gasteiger partial charge in [-0.05, 0) is 45.7 Å². The Morgan fingerprint density at radius 3 is 1.62 bits per heavy atom. The number of rotatable bonds is 2. The molecule has 1 fully saturated rings. The van der Waals surface area contributed by atoms with Crippen LogP contribution in [0.2, 0.25) is 0 Å². The minimum absolute atomic E-state index is 0.632. The highest BCUT2D eigenvalue weighted by Gasteiger charge is 2.04. The number of hydrogen-bond acceptors (Lipinski definition) is 1. The predicted molar refractivity (Wildman–Crippen MR) is 104 cm³/mol. The zero-order valence-electron chi connectivity index (χ0n) is 13.5. The van der Waals surface area contributed by atoms with Crippen molar-refractivity contribution in [3.05, 3.63) is 60.7 Å². The van der Waals surface area contributed by atoms with Crippen LogP contribution in [0.15, 0.2) is 60.7 Å². The molecule has 0 spiro atoms. The Labute approximate surface area is 143 Å². The number of H-pyrrole nitrogens is 2. The standard InChI is InChI=1S/C16H13N2P.C4H8O/c1-3-7-13-11(5-1)9-15(17-13)19-16-10-12-6-2-4-8-14(12)18-16;1-2-4-5-3-1/h1-10,17-19H;1-4H2. The molecule has 0 aliphatic carbocycles. The molecule has 122 valence electrons. The van der Waals surface area contributed by atoms with Gasteiger partial charge in [0.2, 0.25) is 0 Å². The summed E-state index contributed by atoms with van der Waals surface area (Å²) in [6.07, 6.45) is 2.56. The van der Waals surface area contributed by atoms with E-state index in [0.29, 0.717) is 8.58 Å². The van der Waals surface area contributed by atoms with Crippen molar-refractivity contribution in [3.63, 3.8) is 0 Å². The van der Waals surface area contributed by atoms with Gasteiger partial charge in [-0.3, -0.25) is 0 Å². The van der Waals surface area contributed by atoms with E-state index in [1.54, 1.807) is 0 Å². The molecule has 4 heteroatoms. The van der Waals surface area contributed by atoms with Crippen LogP contribution in [0, 0.1) is 0 Å². The smallest absolute Gasteiger partial charge is 0.0466 e. The van der Waals surface area contributed by atoms with Gasteiger partial charge in [-0.1, -0.05) is 36.4 Å². The van der Waals surface area contributed by atoms with Crippen molar-refractivity contribution in [1.82, 2.24) is 9.97 Å². The molecule has 0 saturated carbocycles. The summed E-state index contributed by atoms with van der Waals surface area (Å²) >= 11 is 0. The third-order valence-electron chi connectivity index (χ3n) is 4.16. The van der Waals surface area contributed by atoms with Gasteiger partial charge >= 0.3 is 0 Å². The Bertz CT molecular complexity index is 791. The Hall–Kier alpha value is -2.09. The number of aromatic nitrogens is 2. The number of nitrogens with one attached hydrogen (secondary N) is 2. The number of ether oxygens (including phenoxy) is 1. The largest absolute Gasteiger partial charge is 0.381 e. The lowest BCUT2D eigenvalue weighted by Crippen LogP contribution is -2.03. The van der Waals surface area contributed by atoms with Crippen molar-refractivity contribution in [2.45, 2.75) is 12.8 Å². The van der Waals surface area contributed by atoms with Crippen LogP contribution in [0.5, 0.6) is 0 Å². The summed E-state index contributed by atoms with van der Waals surface area (Å²) in [7, 11) is 0.632. The van der Waals surface area contributed by atoms with Crippen LogP contribution in [-0.4, -0.2) is 23.2 Å². The minimum Gasteiger partial charge on any atom is -0.381 e. The third kappa shape index (κ3) is 3.53. The Kier molecular flexibility index (Phi) is 4.64. The van der Waals surface area contributed by atoms with Gasteiger partial charge in [0.1, 0.15) is 0 Å². The van der Waals surface area contributed by atoms with Crippen molar-refractivity contribution in [2.24, 2.45) is 0 Å². The van der Waals surface area contributed by atoms with Crippen molar-refractivity contribution >= 4 is 41.3 Å². The van der Waals surface area contributed by atoms with E-state index in [-0.39, 0.29) is 0 Å². The summed E-state index contributed by atoms with van der Waals surface area (Å²) < 4.78 is 4.94. The van der Waals surface area contributed by atoms with Crippen LogP contribution >= 0.6 is 8.58 Å². The highest BCUT2D eigenvalue weighted by atomic mass is 31.1. The topological polar surface area (TPSA) is 40.8 Å². The highest BCUT2D eigenvalue weighted by Crippen LogP contribution is 2.19. The molecular formula is C20H21N2OP. The van der Waals surface area contributed by atoms with Crippen LogP contribution in [0.25, 0.3) is 21.8 Å². The second kappa shape index (κ2) is 7.21. The molecule has 2 aromatic heterocycles. The van der Waals surface area contributed by atoms with E-state index < -0.39 is 0 Å². The Morgan fingerprint density at radius 1 is 0.708 bits per heavy atom. The Balaban J connectivity index is 0.000000252. The molecule has 0 atom stereocenters. The molecule has 0 unspecified atom stereocenters. The summed E-state index contributed by atoms with van der Waals surface area (Å²) in [6.45, 7) is 2.00. The first kappa shape index (κ1) is 15.4. The van der Waals surface area contributed by atoms with Crippen molar-refractivity contribution in [1.29, 1.82) is 0 Å². The summed E-state index contributed by atoms with van der Waals surface area (Å²) in [5.74, 6) is 0. The zero-order chi connectivity index (χ0) is 16.2. The summed E-state index contributed by atoms with van der Waals surface area (Å²) in [5, 5.41) is 2.56. The molecule has 2 N–H and O–H groups in total. The molecule has 1 aliphatic rings. The molecule has 0 radical (unpaired) electrons. The van der Waals surface area contributed by atoms with E-state index in [4.69, 9.17) is 4.74 Å². The molecule has 3 heterocycles. The first-order valence-corrected chi connectivity index (χ1v) is 9.39. The van der Waals surface area contributed by atoms with Crippen molar-refractivity contribution < 1.29 is 4.74 Å². The van der Waals surface area contributed by atoms with Crippen molar-refractivity contribution in [3.8, 4) is 0 Å². The molecule has 24 heavy (non-hydrogen) atoms. The maximum atomic E-state index is 4.94. The molecule has 0 bridgehead atoms. The van der Waals surface area contributed by atoms with Crippen molar-refractivity contribution in [2.75, 3.05) is 13.2 Å². The number of benzene rings is 2.